The molecule has 0 heterocycles. The van der Waals surface area contributed by atoms with E-state index < -0.39 is 6.04 Å². The van der Waals surface area contributed by atoms with Gasteiger partial charge in [0.1, 0.15) is 6.04 Å². The summed E-state index contributed by atoms with van der Waals surface area (Å²) >= 11 is 0. The molecule has 0 saturated heterocycles. The maximum Gasteiger partial charge on any atom is 0.241 e. The van der Waals surface area contributed by atoms with Crippen LogP contribution in [0.3, 0.4) is 0 Å². The van der Waals surface area contributed by atoms with Crippen LogP contribution in [0.5, 0.6) is 0 Å². The second-order valence-electron chi connectivity index (χ2n) is 2.83. The van der Waals surface area contributed by atoms with Gasteiger partial charge < -0.3 is 15.7 Å². The molecular formula is C7H16N2O2. The van der Waals surface area contributed by atoms with Crippen molar-refractivity contribution in [3.63, 3.8) is 0 Å². The van der Waals surface area contributed by atoms with Gasteiger partial charge in [-0.05, 0) is 13.8 Å². The number of carbonyl (C=O) groups excluding carboxylic acids is 1. The van der Waals surface area contributed by atoms with Gasteiger partial charge in [0.05, 0.1) is 6.61 Å². The van der Waals surface area contributed by atoms with Crippen LogP contribution >= 0.6 is 0 Å². The zero-order chi connectivity index (χ0) is 9.02. The number of likely N-dealkylation sites (N-methyl/N-ethyl adjacent to an activating group) is 1. The smallest absolute Gasteiger partial charge is 0.241 e. The maximum absolute atomic E-state index is 11.2. The average molecular weight is 160 g/mol. The van der Waals surface area contributed by atoms with E-state index >= 15 is 0 Å². The summed E-state index contributed by atoms with van der Waals surface area (Å²) in [5.74, 6) is -0.220. The second-order valence-corrected chi connectivity index (χ2v) is 2.83. The summed E-state index contributed by atoms with van der Waals surface area (Å²) in [5, 5.41) is 8.56. The number of amides is 1. The number of aliphatic hydroxyl groups is 1. The standard InChI is InChI=1S/C7H16N2O2/c1-5(2)9(3)7(11)6(8)4-10/h5-6,10H,4,8H2,1-3H3. The van der Waals surface area contributed by atoms with Crippen molar-refractivity contribution in [3.8, 4) is 0 Å². The Bertz CT molecular complexity index is 136. The van der Waals surface area contributed by atoms with Gasteiger partial charge >= 0.3 is 0 Å². The molecule has 1 atom stereocenters. The van der Waals surface area contributed by atoms with Crippen molar-refractivity contribution in [2.45, 2.75) is 25.9 Å². The number of hydrogen-bond donors (Lipinski definition) is 2. The van der Waals surface area contributed by atoms with Gasteiger partial charge in [-0.25, -0.2) is 0 Å². The lowest BCUT2D eigenvalue weighted by Gasteiger charge is -2.23. The van der Waals surface area contributed by atoms with Crippen LogP contribution in [-0.4, -0.2) is 41.7 Å². The molecular weight excluding hydrogens is 144 g/mol. The van der Waals surface area contributed by atoms with Crippen LogP contribution in [0.4, 0.5) is 0 Å². The van der Waals surface area contributed by atoms with E-state index in [2.05, 4.69) is 0 Å². The normalized spacial score (nSPS) is 13.3. The summed E-state index contributed by atoms with van der Waals surface area (Å²) in [6, 6.07) is -0.650. The highest BCUT2D eigenvalue weighted by atomic mass is 16.3. The molecule has 0 aliphatic heterocycles. The van der Waals surface area contributed by atoms with Crippen LogP contribution in [-0.2, 0) is 4.79 Å². The Labute approximate surface area is 67.0 Å². The van der Waals surface area contributed by atoms with Gasteiger partial charge in [-0.2, -0.15) is 0 Å². The van der Waals surface area contributed by atoms with Crippen molar-refractivity contribution in [3.05, 3.63) is 0 Å². The summed E-state index contributed by atoms with van der Waals surface area (Å²) in [7, 11) is 1.67. The third-order valence-corrected chi connectivity index (χ3v) is 1.64. The molecule has 0 aromatic heterocycles. The Morgan fingerprint density at radius 3 is 2.36 bits per heavy atom. The van der Waals surface area contributed by atoms with Crippen LogP contribution in [0.25, 0.3) is 0 Å². The number of nitrogens with two attached hydrogens (primary N) is 1. The zero-order valence-corrected chi connectivity index (χ0v) is 7.24. The fraction of sp³-hybridized carbons (Fsp3) is 0.857. The molecule has 1 amide bonds. The predicted molar refractivity (Wildman–Crippen MR) is 43.0 cm³/mol. The first-order valence-electron chi connectivity index (χ1n) is 3.63. The van der Waals surface area contributed by atoms with Crippen LogP contribution < -0.4 is 5.73 Å². The van der Waals surface area contributed by atoms with Crippen molar-refractivity contribution >= 4 is 5.91 Å². The average Bonchev–Trinajstić information content (AvgIpc) is 2.00. The Balaban J connectivity index is 4.02. The summed E-state index contributed by atoms with van der Waals surface area (Å²) in [6.45, 7) is 3.49. The van der Waals surface area contributed by atoms with Crippen LogP contribution in [0.15, 0.2) is 0 Å². The van der Waals surface area contributed by atoms with E-state index in [4.69, 9.17) is 10.8 Å². The van der Waals surface area contributed by atoms with Gasteiger partial charge in [-0.1, -0.05) is 0 Å². The molecule has 4 nitrogen and oxygen atoms in total. The van der Waals surface area contributed by atoms with Crippen molar-refractivity contribution in [2.24, 2.45) is 5.73 Å². The highest BCUT2D eigenvalue weighted by Crippen LogP contribution is 1.96. The molecule has 0 fully saturated rings. The van der Waals surface area contributed by atoms with E-state index in [1.165, 1.54) is 4.90 Å². The topological polar surface area (TPSA) is 66.6 Å². The zero-order valence-electron chi connectivity index (χ0n) is 7.24. The summed E-state index contributed by atoms with van der Waals surface area (Å²) < 4.78 is 0. The SMILES string of the molecule is CC(C)N(C)C(=O)C(N)CO. The maximum atomic E-state index is 11.2. The lowest BCUT2D eigenvalue weighted by molar-refractivity contribution is -0.133. The van der Waals surface area contributed by atoms with Crippen LogP contribution in [0.2, 0.25) is 0 Å². The molecule has 1 unspecified atom stereocenters. The number of rotatable bonds is 3. The van der Waals surface area contributed by atoms with E-state index in [1.807, 2.05) is 13.8 Å². The minimum absolute atomic E-state index is 0.125. The minimum atomic E-state index is -0.776. The van der Waals surface area contributed by atoms with Gasteiger partial charge in [-0.3, -0.25) is 4.79 Å². The van der Waals surface area contributed by atoms with Gasteiger partial charge in [0.15, 0.2) is 0 Å². The fourth-order valence-electron chi connectivity index (χ4n) is 0.594. The number of nitrogens with zero attached hydrogens (tertiary/aromatic N) is 1. The Morgan fingerprint density at radius 1 is 1.64 bits per heavy atom. The number of carbonyl (C=O) groups is 1. The van der Waals surface area contributed by atoms with Gasteiger partial charge in [0.2, 0.25) is 5.91 Å². The highest BCUT2D eigenvalue weighted by Gasteiger charge is 2.18. The predicted octanol–water partition coefficient (Wildman–Crippen LogP) is -0.827. The van der Waals surface area contributed by atoms with E-state index in [9.17, 15) is 4.79 Å². The van der Waals surface area contributed by atoms with Crippen molar-refractivity contribution in [1.29, 1.82) is 0 Å². The molecule has 0 bridgehead atoms. The highest BCUT2D eigenvalue weighted by molar-refractivity contribution is 5.81. The lowest BCUT2D eigenvalue weighted by Crippen LogP contribution is -2.46. The molecule has 0 aliphatic rings. The monoisotopic (exact) mass is 160 g/mol. The largest absolute Gasteiger partial charge is 0.394 e. The van der Waals surface area contributed by atoms with E-state index in [0.717, 1.165) is 0 Å². The molecule has 0 aromatic rings. The minimum Gasteiger partial charge on any atom is -0.394 e. The Morgan fingerprint density at radius 2 is 2.09 bits per heavy atom. The summed E-state index contributed by atoms with van der Waals surface area (Å²) in [4.78, 5) is 12.7. The summed E-state index contributed by atoms with van der Waals surface area (Å²) in [5.41, 5.74) is 5.31. The van der Waals surface area contributed by atoms with Crippen LogP contribution in [0.1, 0.15) is 13.8 Å². The fourth-order valence-corrected chi connectivity index (χ4v) is 0.594. The third kappa shape index (κ3) is 2.86. The first-order chi connectivity index (χ1) is 5.00. The van der Waals surface area contributed by atoms with E-state index in [1.54, 1.807) is 7.05 Å². The number of aliphatic hydroxyl groups excluding tert-OH is 1. The lowest BCUT2D eigenvalue weighted by atomic mass is 10.2. The molecule has 0 rings (SSSR count). The first-order valence-corrected chi connectivity index (χ1v) is 3.63. The van der Waals surface area contributed by atoms with Gasteiger partial charge in [-0.15, -0.1) is 0 Å². The molecule has 0 aromatic carbocycles. The molecule has 0 radical (unpaired) electrons. The van der Waals surface area contributed by atoms with Crippen molar-refractivity contribution in [1.82, 2.24) is 4.90 Å². The Kier molecular flexibility index (Phi) is 4.07. The van der Waals surface area contributed by atoms with Gasteiger partial charge in [0.25, 0.3) is 0 Å². The Hall–Kier alpha value is -0.610. The quantitative estimate of drug-likeness (QED) is 0.566. The van der Waals surface area contributed by atoms with E-state index in [0.29, 0.717) is 0 Å². The van der Waals surface area contributed by atoms with Crippen molar-refractivity contribution < 1.29 is 9.90 Å². The third-order valence-electron chi connectivity index (χ3n) is 1.64. The summed E-state index contributed by atoms with van der Waals surface area (Å²) in [6.07, 6.45) is 0. The van der Waals surface area contributed by atoms with E-state index in [-0.39, 0.29) is 18.6 Å². The molecule has 4 heteroatoms. The molecule has 11 heavy (non-hydrogen) atoms. The number of hydrogen-bond acceptors (Lipinski definition) is 3. The second kappa shape index (κ2) is 4.31. The molecule has 0 spiro atoms. The first kappa shape index (κ1) is 10.4. The molecule has 0 saturated carbocycles. The molecule has 66 valence electrons. The van der Waals surface area contributed by atoms with Crippen molar-refractivity contribution in [2.75, 3.05) is 13.7 Å². The van der Waals surface area contributed by atoms with Gasteiger partial charge in [0, 0.05) is 13.1 Å². The molecule has 3 N–H and O–H groups in total. The van der Waals surface area contributed by atoms with Crippen LogP contribution in [0, 0.1) is 0 Å². The molecule has 0 aliphatic carbocycles.